The molecule has 0 spiro atoms. The van der Waals surface area contributed by atoms with Gasteiger partial charge in [-0.15, -0.1) is 11.8 Å². The Bertz CT molecular complexity index is 706. The summed E-state index contributed by atoms with van der Waals surface area (Å²) in [4.78, 5) is 2.43. The van der Waals surface area contributed by atoms with Crippen LogP contribution >= 0.6 is 11.8 Å². The maximum Gasteiger partial charge on any atom is 0.106 e. The van der Waals surface area contributed by atoms with Gasteiger partial charge in [-0.05, 0) is 49.9 Å². The summed E-state index contributed by atoms with van der Waals surface area (Å²) in [6.45, 7) is 10.9. The predicted molar refractivity (Wildman–Crippen MR) is 106 cm³/mol. The quantitative estimate of drug-likeness (QED) is 0.897. The van der Waals surface area contributed by atoms with Gasteiger partial charge in [0.05, 0.1) is 0 Å². The van der Waals surface area contributed by atoms with E-state index in [9.17, 15) is 0 Å². The van der Waals surface area contributed by atoms with E-state index in [1.165, 1.54) is 33.4 Å². The molecular formula is C21H28N2S. The Balaban J connectivity index is 2.04. The van der Waals surface area contributed by atoms with Crippen molar-refractivity contribution in [2.24, 2.45) is 5.73 Å². The zero-order chi connectivity index (χ0) is 17.3. The molecule has 2 unspecified atom stereocenters. The van der Waals surface area contributed by atoms with E-state index >= 15 is 0 Å². The zero-order valence-corrected chi connectivity index (χ0v) is 16.0. The molecule has 2 N–H and O–H groups in total. The summed E-state index contributed by atoms with van der Waals surface area (Å²) in [7, 11) is 0. The molecule has 0 saturated carbocycles. The summed E-state index contributed by atoms with van der Waals surface area (Å²) in [5.41, 5.74) is 14.7. The summed E-state index contributed by atoms with van der Waals surface area (Å²) in [5.74, 6) is 1.50. The fourth-order valence-electron chi connectivity index (χ4n) is 3.70. The number of thioether (sulfide) groups is 1. The van der Waals surface area contributed by atoms with Crippen LogP contribution in [0.5, 0.6) is 0 Å². The first-order valence-corrected chi connectivity index (χ1v) is 9.76. The van der Waals surface area contributed by atoms with Crippen LogP contribution in [0.15, 0.2) is 36.4 Å². The van der Waals surface area contributed by atoms with Crippen molar-refractivity contribution in [1.29, 1.82) is 0 Å². The Kier molecular flexibility index (Phi) is 5.33. The van der Waals surface area contributed by atoms with Gasteiger partial charge in [0, 0.05) is 24.8 Å². The van der Waals surface area contributed by atoms with Crippen LogP contribution in [0, 0.1) is 27.7 Å². The molecule has 0 amide bonds. The highest BCUT2D eigenvalue weighted by Crippen LogP contribution is 2.33. The summed E-state index contributed by atoms with van der Waals surface area (Å²) >= 11 is 1.86. The second-order valence-corrected chi connectivity index (χ2v) is 8.24. The van der Waals surface area contributed by atoms with E-state index in [1.807, 2.05) is 11.8 Å². The first-order chi connectivity index (χ1) is 11.5. The van der Waals surface area contributed by atoms with Crippen LogP contribution in [0.1, 0.15) is 39.3 Å². The van der Waals surface area contributed by atoms with E-state index < -0.39 is 0 Å². The van der Waals surface area contributed by atoms with Crippen molar-refractivity contribution in [2.45, 2.75) is 39.1 Å². The number of aryl methyl sites for hydroxylation is 3. The fraction of sp³-hybridized carbons (Fsp3) is 0.429. The Hall–Kier alpha value is -1.29. The normalized spacial score (nSPS) is 19.6. The average molecular weight is 341 g/mol. The molecule has 2 aromatic rings. The van der Waals surface area contributed by atoms with Gasteiger partial charge >= 0.3 is 0 Å². The van der Waals surface area contributed by atoms with Gasteiger partial charge in [0.2, 0.25) is 0 Å². The molecule has 2 aromatic carbocycles. The first kappa shape index (κ1) is 17.5. The summed E-state index contributed by atoms with van der Waals surface area (Å²) in [6.07, 6.45) is 0. The SMILES string of the molecule is Cc1cc(C)cc(C(CN2CCSC2N)c2cccc(C)c2C)c1. The third-order valence-corrected chi connectivity index (χ3v) is 6.17. The van der Waals surface area contributed by atoms with Crippen LogP contribution < -0.4 is 5.73 Å². The first-order valence-electron chi connectivity index (χ1n) is 8.71. The van der Waals surface area contributed by atoms with Crippen molar-refractivity contribution in [1.82, 2.24) is 4.90 Å². The summed E-state index contributed by atoms with van der Waals surface area (Å²) in [5, 5.41) is 0. The van der Waals surface area contributed by atoms with Gasteiger partial charge < -0.3 is 5.73 Å². The molecule has 2 nitrogen and oxygen atoms in total. The van der Waals surface area contributed by atoms with E-state index in [1.54, 1.807) is 0 Å². The third kappa shape index (κ3) is 3.69. The molecule has 2 atom stereocenters. The Morgan fingerprint density at radius 2 is 1.83 bits per heavy atom. The summed E-state index contributed by atoms with van der Waals surface area (Å²) < 4.78 is 0. The van der Waals surface area contributed by atoms with Crippen LogP contribution in [0.2, 0.25) is 0 Å². The maximum atomic E-state index is 6.30. The minimum absolute atomic E-state index is 0.128. The van der Waals surface area contributed by atoms with Crippen molar-refractivity contribution in [3.63, 3.8) is 0 Å². The second-order valence-electron chi connectivity index (χ2n) is 7.02. The monoisotopic (exact) mass is 340 g/mol. The molecule has 128 valence electrons. The number of hydrogen-bond donors (Lipinski definition) is 1. The topological polar surface area (TPSA) is 29.3 Å². The smallest absolute Gasteiger partial charge is 0.106 e. The molecule has 0 aliphatic carbocycles. The van der Waals surface area contributed by atoms with Crippen LogP contribution in [-0.2, 0) is 0 Å². The lowest BCUT2D eigenvalue weighted by molar-refractivity contribution is 0.282. The summed E-state index contributed by atoms with van der Waals surface area (Å²) in [6, 6.07) is 13.6. The lowest BCUT2D eigenvalue weighted by atomic mass is 9.85. The third-order valence-electron chi connectivity index (χ3n) is 5.11. The second kappa shape index (κ2) is 7.30. The van der Waals surface area contributed by atoms with Crippen LogP contribution in [-0.4, -0.2) is 29.2 Å². The molecule has 1 saturated heterocycles. The van der Waals surface area contributed by atoms with Crippen LogP contribution in [0.25, 0.3) is 0 Å². The number of nitrogens with two attached hydrogens (primary N) is 1. The van der Waals surface area contributed by atoms with Gasteiger partial charge in [-0.25, -0.2) is 0 Å². The predicted octanol–water partition coefficient (Wildman–Crippen LogP) is 4.34. The fourth-order valence-corrected chi connectivity index (χ4v) is 4.68. The lowest BCUT2D eigenvalue weighted by Gasteiger charge is -2.28. The molecule has 24 heavy (non-hydrogen) atoms. The molecule has 3 heteroatoms. The minimum atomic E-state index is 0.128. The van der Waals surface area contributed by atoms with E-state index in [4.69, 9.17) is 5.73 Å². The molecule has 1 heterocycles. The van der Waals surface area contributed by atoms with Crippen molar-refractivity contribution < 1.29 is 0 Å². The molecule has 1 aliphatic heterocycles. The van der Waals surface area contributed by atoms with E-state index in [-0.39, 0.29) is 5.50 Å². The number of rotatable bonds is 4. The van der Waals surface area contributed by atoms with E-state index in [0.29, 0.717) is 5.92 Å². The van der Waals surface area contributed by atoms with Gasteiger partial charge in [-0.1, -0.05) is 47.5 Å². The largest absolute Gasteiger partial charge is 0.307 e. The van der Waals surface area contributed by atoms with Gasteiger partial charge in [0.1, 0.15) is 5.50 Å². The van der Waals surface area contributed by atoms with Gasteiger partial charge in [-0.2, -0.15) is 0 Å². The molecule has 1 aliphatic rings. The van der Waals surface area contributed by atoms with Crippen molar-refractivity contribution >= 4 is 11.8 Å². The van der Waals surface area contributed by atoms with E-state index in [2.05, 4.69) is 69.0 Å². The van der Waals surface area contributed by atoms with Crippen LogP contribution in [0.3, 0.4) is 0 Å². The highest BCUT2D eigenvalue weighted by atomic mass is 32.2. The van der Waals surface area contributed by atoms with Gasteiger partial charge in [-0.3, -0.25) is 4.90 Å². The van der Waals surface area contributed by atoms with Crippen LogP contribution in [0.4, 0.5) is 0 Å². The Labute approximate surface area is 150 Å². The number of benzene rings is 2. The molecule has 0 aromatic heterocycles. The highest BCUT2D eigenvalue weighted by Gasteiger charge is 2.27. The standard InChI is InChI=1S/C21H28N2S/c1-14-10-15(2)12-18(11-14)20(13-23-8-9-24-21(23)22)19-7-5-6-16(3)17(19)4/h5-7,10-12,20-21H,8-9,13,22H2,1-4H3. The van der Waals surface area contributed by atoms with Crippen molar-refractivity contribution in [3.8, 4) is 0 Å². The lowest BCUT2D eigenvalue weighted by Crippen LogP contribution is -2.38. The highest BCUT2D eigenvalue weighted by molar-refractivity contribution is 8.00. The maximum absolute atomic E-state index is 6.30. The van der Waals surface area contributed by atoms with E-state index in [0.717, 1.165) is 18.8 Å². The molecular weight excluding hydrogens is 312 g/mol. The molecule has 0 radical (unpaired) electrons. The Morgan fingerprint density at radius 3 is 2.46 bits per heavy atom. The minimum Gasteiger partial charge on any atom is -0.307 e. The van der Waals surface area contributed by atoms with Crippen molar-refractivity contribution in [3.05, 3.63) is 69.8 Å². The number of nitrogens with zero attached hydrogens (tertiary/aromatic N) is 1. The molecule has 0 bridgehead atoms. The van der Waals surface area contributed by atoms with Gasteiger partial charge in [0.15, 0.2) is 0 Å². The zero-order valence-electron chi connectivity index (χ0n) is 15.2. The average Bonchev–Trinajstić information content (AvgIpc) is 2.92. The van der Waals surface area contributed by atoms with Crippen molar-refractivity contribution in [2.75, 3.05) is 18.8 Å². The Morgan fingerprint density at radius 1 is 1.12 bits per heavy atom. The molecule has 3 rings (SSSR count). The molecule has 1 fully saturated rings. The van der Waals surface area contributed by atoms with Gasteiger partial charge in [0.25, 0.3) is 0 Å². The number of hydrogen-bond acceptors (Lipinski definition) is 3.